The lowest BCUT2D eigenvalue weighted by molar-refractivity contribution is -0.120. The molecule has 0 radical (unpaired) electrons. The van der Waals surface area contributed by atoms with Crippen LogP contribution in [0.25, 0.3) is 0 Å². The van der Waals surface area contributed by atoms with Gasteiger partial charge < -0.3 is 25.1 Å². The van der Waals surface area contributed by atoms with Gasteiger partial charge in [0, 0.05) is 18.6 Å². The van der Waals surface area contributed by atoms with E-state index in [-0.39, 0.29) is 28.6 Å². The summed E-state index contributed by atoms with van der Waals surface area (Å²) in [6.07, 6.45) is 10.5. The largest absolute Gasteiger partial charge is 0.382 e. The van der Waals surface area contributed by atoms with Crippen molar-refractivity contribution in [2.75, 3.05) is 37.8 Å². The number of urea groups is 1. The number of fused-ring (bicyclic) bond motifs is 1. The van der Waals surface area contributed by atoms with Crippen molar-refractivity contribution in [1.82, 2.24) is 20.4 Å². The number of rotatable bonds is 8. The van der Waals surface area contributed by atoms with Crippen LogP contribution in [0.1, 0.15) is 69.8 Å². The van der Waals surface area contributed by atoms with E-state index in [1.807, 2.05) is 58.0 Å². The number of aldehydes is 1. The van der Waals surface area contributed by atoms with Crippen molar-refractivity contribution >= 4 is 34.1 Å². The molecule has 1 fully saturated rings. The van der Waals surface area contributed by atoms with E-state index < -0.39 is 15.6 Å². The minimum absolute atomic E-state index is 0.0560. The van der Waals surface area contributed by atoms with Crippen LogP contribution in [0.4, 0.5) is 10.6 Å². The fourth-order valence-corrected chi connectivity index (χ4v) is 7.20. The second kappa shape index (κ2) is 12.1. The molecular formula is C29H45N5O4S. The smallest absolute Gasteiger partial charge is 0.319 e. The van der Waals surface area contributed by atoms with Gasteiger partial charge in [-0.05, 0) is 57.4 Å². The van der Waals surface area contributed by atoms with Crippen LogP contribution in [0.3, 0.4) is 0 Å². The Bertz CT molecular complexity index is 1150. The molecule has 3 N–H and O–H groups in total. The number of hydrogen-bond donors (Lipinski definition) is 3. The summed E-state index contributed by atoms with van der Waals surface area (Å²) in [7, 11) is 0.553. The van der Waals surface area contributed by atoms with Gasteiger partial charge in [0.15, 0.2) is 5.82 Å². The number of hydrogen-bond acceptors (Lipinski definition) is 5. The minimum Gasteiger partial charge on any atom is -0.382 e. The zero-order chi connectivity index (χ0) is 29.0. The molecule has 4 rings (SSSR count). The van der Waals surface area contributed by atoms with E-state index in [1.54, 1.807) is 12.0 Å². The van der Waals surface area contributed by atoms with Crippen LogP contribution in [0.15, 0.2) is 30.3 Å². The number of amides is 3. The third kappa shape index (κ3) is 6.32. The van der Waals surface area contributed by atoms with E-state index in [0.717, 1.165) is 42.4 Å². The maximum absolute atomic E-state index is 13.4. The summed E-state index contributed by atoms with van der Waals surface area (Å²) < 4.78 is 5.07. The first-order valence-corrected chi connectivity index (χ1v) is 16.3. The molecule has 2 aromatic rings. The highest BCUT2D eigenvalue weighted by Crippen LogP contribution is 2.60. The van der Waals surface area contributed by atoms with E-state index in [2.05, 4.69) is 39.6 Å². The number of benzene rings is 1. The van der Waals surface area contributed by atoms with Crippen molar-refractivity contribution in [3.63, 3.8) is 0 Å². The van der Waals surface area contributed by atoms with Crippen molar-refractivity contribution < 1.29 is 19.1 Å². The van der Waals surface area contributed by atoms with Crippen molar-refractivity contribution in [1.29, 1.82) is 0 Å². The predicted molar refractivity (Wildman–Crippen MR) is 158 cm³/mol. The first-order chi connectivity index (χ1) is 18.3. The number of methoxy groups -OCH3 is 1. The van der Waals surface area contributed by atoms with Gasteiger partial charge in [-0.25, -0.2) is 14.8 Å². The molecule has 3 amide bonds. The number of H-pyrrole nitrogens is 1. The molecule has 1 aromatic carbocycles. The molecule has 0 bridgehead atoms. The zero-order valence-corrected chi connectivity index (χ0v) is 25.4. The molecule has 39 heavy (non-hydrogen) atoms. The second-order valence-corrected chi connectivity index (χ2v) is 16.4. The molecule has 0 saturated heterocycles. The van der Waals surface area contributed by atoms with Gasteiger partial charge >= 0.3 is 6.03 Å². The highest BCUT2D eigenvalue weighted by atomic mass is 32.3. The third-order valence-corrected chi connectivity index (χ3v) is 10.7. The van der Waals surface area contributed by atoms with Gasteiger partial charge in [-0.1, -0.05) is 44.2 Å². The van der Waals surface area contributed by atoms with Crippen molar-refractivity contribution in [2.45, 2.75) is 69.8 Å². The summed E-state index contributed by atoms with van der Waals surface area (Å²) >= 11 is 0. The highest BCUT2D eigenvalue weighted by molar-refractivity contribution is 8.33. The quantitative estimate of drug-likeness (QED) is 0.396. The number of ether oxygens (including phenoxy) is 1. The molecule has 1 aliphatic heterocycles. The van der Waals surface area contributed by atoms with Gasteiger partial charge in [-0.3, -0.25) is 9.89 Å². The summed E-state index contributed by atoms with van der Waals surface area (Å²) in [5.74, 6) is 0.797. The number of aromatic amines is 1. The van der Waals surface area contributed by atoms with Crippen molar-refractivity contribution in [3.8, 4) is 0 Å². The Morgan fingerprint density at radius 3 is 2.28 bits per heavy atom. The van der Waals surface area contributed by atoms with Crippen LogP contribution in [-0.2, 0) is 26.4 Å². The average Bonchev–Trinajstić information content (AvgIpc) is 3.35. The maximum atomic E-state index is 13.4. The molecule has 1 unspecified atom stereocenters. The monoisotopic (exact) mass is 559 g/mol. The number of carbonyl (C=O) groups excluding carboxylic acids is 3. The molecule has 1 aliphatic carbocycles. The standard InChI is InChI=1S/C25H37N5O3S.C4H8O/c1-24(2)20-18(21(29-28-20)27-22(31)25(13-10-14-25)34(4,5)6)15-30(24)23(32)26-19(16-33-3)17-11-8-7-9-12-17;1-4(2)3-5/h7-9,11-12,19H,10,13-16H2,1-6H3,(H,26,32)(H2,27,28,29,31);3-4H,1-2H3. The van der Waals surface area contributed by atoms with E-state index in [1.165, 1.54) is 0 Å². The summed E-state index contributed by atoms with van der Waals surface area (Å²) in [6, 6.07) is 9.35. The Morgan fingerprint density at radius 1 is 1.18 bits per heavy atom. The van der Waals surface area contributed by atoms with E-state index in [4.69, 9.17) is 4.74 Å². The summed E-state index contributed by atoms with van der Waals surface area (Å²) in [6.45, 7) is 8.42. The second-order valence-electron chi connectivity index (χ2n) is 12.0. The van der Waals surface area contributed by atoms with E-state index in [0.29, 0.717) is 19.0 Å². The van der Waals surface area contributed by atoms with Crippen LogP contribution in [0.2, 0.25) is 0 Å². The summed E-state index contributed by atoms with van der Waals surface area (Å²) in [5, 5.41) is 13.8. The lowest BCUT2D eigenvalue weighted by Gasteiger charge is -2.53. The molecule has 9 nitrogen and oxygen atoms in total. The molecular weight excluding hydrogens is 514 g/mol. The lowest BCUT2D eigenvalue weighted by Crippen LogP contribution is -2.51. The van der Waals surface area contributed by atoms with Crippen LogP contribution >= 0.6 is 10.0 Å². The number of anilines is 1. The molecule has 1 atom stereocenters. The van der Waals surface area contributed by atoms with Gasteiger partial charge in [0.2, 0.25) is 5.91 Å². The van der Waals surface area contributed by atoms with E-state index in [9.17, 15) is 14.4 Å². The molecule has 0 spiro atoms. The summed E-state index contributed by atoms with van der Waals surface area (Å²) in [4.78, 5) is 38.1. The molecule has 10 heteroatoms. The molecule has 2 heterocycles. The molecule has 1 aromatic heterocycles. The molecule has 1 saturated carbocycles. The Labute approximate surface area is 234 Å². The normalized spacial score (nSPS) is 18.2. The number of nitrogens with zero attached hydrogens (tertiary/aromatic N) is 2. The van der Waals surface area contributed by atoms with Gasteiger partial charge in [0.25, 0.3) is 0 Å². The Kier molecular flexibility index (Phi) is 9.54. The van der Waals surface area contributed by atoms with Crippen LogP contribution < -0.4 is 10.6 Å². The minimum atomic E-state index is -1.07. The van der Waals surface area contributed by atoms with Gasteiger partial charge in [-0.15, -0.1) is 0 Å². The maximum Gasteiger partial charge on any atom is 0.319 e. The lowest BCUT2D eigenvalue weighted by atomic mass is 9.83. The fraction of sp³-hybridized carbons (Fsp3) is 0.586. The molecule has 216 valence electrons. The molecule has 2 aliphatic rings. The van der Waals surface area contributed by atoms with Crippen LogP contribution in [0.5, 0.6) is 0 Å². The average molecular weight is 560 g/mol. The van der Waals surface area contributed by atoms with Crippen molar-refractivity contribution in [3.05, 3.63) is 47.2 Å². The van der Waals surface area contributed by atoms with Gasteiger partial charge in [-0.2, -0.15) is 5.10 Å². The van der Waals surface area contributed by atoms with Crippen LogP contribution in [0, 0.1) is 5.92 Å². The highest BCUT2D eigenvalue weighted by Gasteiger charge is 2.51. The Morgan fingerprint density at radius 2 is 1.79 bits per heavy atom. The topological polar surface area (TPSA) is 116 Å². The van der Waals surface area contributed by atoms with Crippen LogP contribution in [-0.4, -0.2) is 70.6 Å². The summed E-state index contributed by atoms with van der Waals surface area (Å²) in [5.41, 5.74) is 2.10. The van der Waals surface area contributed by atoms with Gasteiger partial charge in [0.05, 0.1) is 35.2 Å². The number of carbonyl (C=O) groups is 3. The SMILES string of the molecule is CC(C)C=O.COCC(NC(=O)N1Cc2c(NC(=O)C3(S(C)(C)C)CCC3)n[nH]c2C1(C)C)c1ccccc1. The first kappa shape index (κ1) is 30.7. The van der Waals surface area contributed by atoms with Crippen molar-refractivity contribution in [2.24, 2.45) is 5.92 Å². The first-order valence-electron chi connectivity index (χ1n) is 13.4. The Hall–Kier alpha value is -2.85. The van der Waals surface area contributed by atoms with Gasteiger partial charge in [0.1, 0.15) is 6.29 Å². The number of aromatic nitrogens is 2. The fourth-order valence-electron chi connectivity index (χ4n) is 5.08. The third-order valence-electron chi connectivity index (χ3n) is 7.80. The van der Waals surface area contributed by atoms with E-state index >= 15 is 0 Å². The predicted octanol–water partition coefficient (Wildman–Crippen LogP) is 4.95. The Balaban J connectivity index is 0.000000771. The zero-order valence-electron chi connectivity index (χ0n) is 24.6. The number of nitrogens with one attached hydrogen (secondary N) is 3.